The van der Waals surface area contributed by atoms with Gasteiger partial charge in [-0.3, -0.25) is 9.78 Å². The molecule has 15 heteroatoms. The van der Waals surface area contributed by atoms with E-state index < -0.39 is 18.3 Å². The smallest absolute Gasteiger partial charge is 0.319 e. The number of pyridine rings is 2. The number of amides is 1. The highest BCUT2D eigenvalue weighted by Gasteiger charge is 2.34. The molecule has 9 rings (SSSR count). The molecule has 3 fully saturated rings. The largest absolute Gasteiger partial charge is 0.453 e. The van der Waals surface area contributed by atoms with Crippen LogP contribution in [0.4, 0.5) is 21.7 Å². The summed E-state index contributed by atoms with van der Waals surface area (Å²) in [5.74, 6) is 3.59. The minimum Gasteiger partial charge on any atom is -0.453 e. The molecule has 0 spiro atoms. The number of nitrogens with two attached hydrogens (primary N) is 1. The van der Waals surface area contributed by atoms with Crippen LogP contribution in [0.25, 0.3) is 33.1 Å². The topological polar surface area (TPSA) is 162 Å². The predicted octanol–water partition coefficient (Wildman–Crippen LogP) is 4.93. The molecule has 2 saturated heterocycles. The maximum absolute atomic E-state index is 16.8. The Kier molecular flexibility index (Phi) is 8.05. The number of carbonyl (C=O) groups is 1. The molecule has 4 aromatic heterocycles. The van der Waals surface area contributed by atoms with Crippen LogP contribution in [0.15, 0.2) is 66.0 Å². The summed E-state index contributed by atoms with van der Waals surface area (Å²) in [5, 5.41) is 12.0. The molecule has 2 bridgehead atoms. The summed E-state index contributed by atoms with van der Waals surface area (Å²) in [5.41, 5.74) is 8.20. The summed E-state index contributed by atoms with van der Waals surface area (Å²) in [7, 11) is 0. The number of piperazine rings is 1. The van der Waals surface area contributed by atoms with E-state index in [1.165, 1.54) is 11.9 Å². The first-order valence-electron chi connectivity index (χ1n) is 17.0. The molecule has 1 saturated carbocycles. The van der Waals surface area contributed by atoms with Gasteiger partial charge in [-0.05, 0) is 68.1 Å². The standard InChI is InChI=1S/C37H32FN11O2S/c1-2-20-4-3-5-28-31(20)26(14-29(39)44-28)33-32(38)34-27(15-40-33)36(48-16-23-8-9-24(17-48)42-23)46-37(45-34)51-18-30(50)43-22-10-12-25(13-11-22)52-49-19-41-35(47-49)21-6-7-21/h1,3-5,10-15,19,21,23-24,42H,6-9,16-18H2,(H2,39,44)(H,43,50). The van der Waals surface area contributed by atoms with E-state index in [1.807, 2.05) is 12.1 Å². The van der Waals surface area contributed by atoms with E-state index in [-0.39, 0.29) is 35.1 Å². The zero-order valence-corrected chi connectivity index (χ0v) is 28.6. The van der Waals surface area contributed by atoms with Gasteiger partial charge in [0.2, 0.25) is 0 Å². The number of hydrogen-bond acceptors (Lipinski definition) is 12. The number of fused-ring (bicyclic) bond motifs is 4. The summed E-state index contributed by atoms with van der Waals surface area (Å²) in [6, 6.07) is 14.7. The van der Waals surface area contributed by atoms with Gasteiger partial charge in [-0.15, -0.1) is 11.5 Å². The van der Waals surface area contributed by atoms with Gasteiger partial charge in [-0.1, -0.05) is 12.0 Å². The van der Waals surface area contributed by atoms with E-state index in [4.69, 9.17) is 21.9 Å². The van der Waals surface area contributed by atoms with Crippen LogP contribution in [-0.4, -0.2) is 71.8 Å². The lowest BCUT2D eigenvalue weighted by Crippen LogP contribution is -2.51. The Hall–Kier alpha value is -5.85. The van der Waals surface area contributed by atoms with Gasteiger partial charge >= 0.3 is 6.01 Å². The minimum atomic E-state index is -0.695. The van der Waals surface area contributed by atoms with Crippen molar-refractivity contribution in [2.24, 2.45) is 0 Å². The lowest BCUT2D eigenvalue weighted by Gasteiger charge is -2.34. The Balaban J connectivity index is 0.996. The number of ether oxygens (including phenoxy) is 1. The number of hydrogen-bond donors (Lipinski definition) is 3. The molecule has 2 atom stereocenters. The van der Waals surface area contributed by atoms with Crippen LogP contribution < -0.4 is 26.0 Å². The Morgan fingerprint density at radius 2 is 1.88 bits per heavy atom. The van der Waals surface area contributed by atoms with Gasteiger partial charge in [0.05, 0.1) is 10.9 Å². The van der Waals surface area contributed by atoms with Crippen LogP contribution in [-0.2, 0) is 4.79 Å². The predicted molar refractivity (Wildman–Crippen MR) is 196 cm³/mol. The average Bonchev–Trinajstić information content (AvgIpc) is 3.81. The molecule has 2 unspecified atom stereocenters. The lowest BCUT2D eigenvalue weighted by molar-refractivity contribution is -0.118. The fourth-order valence-corrected chi connectivity index (χ4v) is 7.66. The summed E-state index contributed by atoms with van der Waals surface area (Å²) in [4.78, 5) is 38.7. The molecule has 4 N–H and O–H groups in total. The fraction of sp³-hybridized carbons (Fsp3) is 0.270. The number of anilines is 3. The Labute approximate surface area is 301 Å². The lowest BCUT2D eigenvalue weighted by atomic mass is 9.99. The molecule has 260 valence electrons. The number of benzene rings is 2. The normalized spacial score (nSPS) is 18.1. The van der Waals surface area contributed by atoms with Crippen LogP contribution in [0, 0.1) is 18.2 Å². The van der Waals surface area contributed by atoms with Crippen LogP contribution in [0.1, 0.15) is 43.0 Å². The first-order valence-corrected chi connectivity index (χ1v) is 17.8. The first-order chi connectivity index (χ1) is 25.4. The third-order valence-electron chi connectivity index (χ3n) is 9.53. The van der Waals surface area contributed by atoms with Gasteiger partial charge in [0.15, 0.2) is 18.2 Å². The number of rotatable bonds is 9. The van der Waals surface area contributed by atoms with Gasteiger partial charge in [0.1, 0.15) is 29.2 Å². The van der Waals surface area contributed by atoms with Crippen molar-refractivity contribution in [2.75, 3.05) is 35.6 Å². The summed E-state index contributed by atoms with van der Waals surface area (Å²) < 4.78 is 24.4. The van der Waals surface area contributed by atoms with Crippen molar-refractivity contribution in [1.82, 2.24) is 39.4 Å². The minimum absolute atomic E-state index is 0.00253. The van der Waals surface area contributed by atoms with Crippen LogP contribution in [0.5, 0.6) is 6.01 Å². The van der Waals surface area contributed by atoms with E-state index >= 15 is 4.39 Å². The van der Waals surface area contributed by atoms with E-state index in [2.05, 4.69) is 46.5 Å². The molecule has 1 amide bonds. The summed E-state index contributed by atoms with van der Waals surface area (Å²) in [6.45, 7) is 0.958. The molecule has 6 aromatic rings. The molecule has 2 aliphatic heterocycles. The number of terminal acetylenes is 1. The van der Waals surface area contributed by atoms with Gasteiger partial charge in [0, 0.05) is 76.3 Å². The third kappa shape index (κ3) is 6.20. The number of halogens is 1. The molecule has 0 radical (unpaired) electrons. The quantitative estimate of drug-likeness (QED) is 0.174. The Morgan fingerprint density at radius 3 is 2.65 bits per heavy atom. The van der Waals surface area contributed by atoms with Crippen LogP contribution in [0.3, 0.4) is 0 Å². The van der Waals surface area contributed by atoms with E-state index in [0.717, 1.165) is 36.4 Å². The van der Waals surface area contributed by atoms with Gasteiger partial charge in [0.25, 0.3) is 5.91 Å². The fourth-order valence-electron chi connectivity index (χ4n) is 6.97. The SMILES string of the molecule is C#Cc1cccc2nc(N)cc(-c3ncc4c(N5CC6CCC(C5)N6)nc(OCC(=O)Nc5ccc(Sn6cnc(C7CC7)n6)cc5)nc4c3F)c12. The highest BCUT2D eigenvalue weighted by molar-refractivity contribution is 7.97. The van der Waals surface area contributed by atoms with E-state index in [1.54, 1.807) is 53.0 Å². The van der Waals surface area contributed by atoms with Crippen molar-refractivity contribution in [3.05, 3.63) is 78.3 Å². The monoisotopic (exact) mass is 713 g/mol. The van der Waals surface area contributed by atoms with Crippen molar-refractivity contribution in [3.63, 3.8) is 0 Å². The maximum Gasteiger partial charge on any atom is 0.319 e. The molecule has 6 heterocycles. The summed E-state index contributed by atoms with van der Waals surface area (Å²) in [6.07, 6.45) is 13.5. The molecule has 13 nitrogen and oxygen atoms in total. The first kappa shape index (κ1) is 32.1. The average molecular weight is 714 g/mol. The number of nitrogens with one attached hydrogen (secondary N) is 2. The van der Waals surface area contributed by atoms with Crippen molar-refractivity contribution < 1.29 is 13.9 Å². The molecule has 3 aliphatic rings. The van der Waals surface area contributed by atoms with E-state index in [0.29, 0.717) is 57.9 Å². The molecule has 1 aliphatic carbocycles. The van der Waals surface area contributed by atoms with E-state index in [9.17, 15) is 4.79 Å². The molecule has 52 heavy (non-hydrogen) atoms. The molecular weight excluding hydrogens is 682 g/mol. The number of nitrogen functional groups attached to an aromatic ring is 1. The highest BCUT2D eigenvalue weighted by Crippen LogP contribution is 2.39. The Morgan fingerprint density at radius 1 is 1.08 bits per heavy atom. The van der Waals surface area contributed by atoms with Crippen LogP contribution >= 0.6 is 11.9 Å². The number of carbonyl (C=O) groups excluding carboxylic acids is 1. The van der Waals surface area contributed by atoms with Crippen LogP contribution in [0.2, 0.25) is 0 Å². The second-order valence-electron chi connectivity index (χ2n) is 13.2. The molecular formula is C37H32FN11O2S. The third-order valence-corrected chi connectivity index (χ3v) is 10.4. The number of aromatic nitrogens is 7. The van der Waals surface area contributed by atoms with Gasteiger partial charge < -0.3 is 26.0 Å². The zero-order valence-electron chi connectivity index (χ0n) is 27.8. The van der Waals surface area contributed by atoms with Crippen molar-refractivity contribution >= 4 is 57.0 Å². The van der Waals surface area contributed by atoms with Crippen molar-refractivity contribution in [2.45, 2.75) is 48.6 Å². The second kappa shape index (κ2) is 13.0. The Bertz CT molecular complexity index is 2400. The van der Waals surface area contributed by atoms with Gasteiger partial charge in [-0.25, -0.2) is 14.4 Å². The number of nitrogens with zero attached hydrogens (tertiary/aromatic N) is 8. The van der Waals surface area contributed by atoms with Gasteiger partial charge in [-0.2, -0.15) is 14.1 Å². The maximum atomic E-state index is 16.8. The second-order valence-corrected chi connectivity index (χ2v) is 14.3. The zero-order chi connectivity index (χ0) is 35.3. The van der Waals surface area contributed by atoms with Crippen molar-refractivity contribution in [1.29, 1.82) is 0 Å². The molecule has 2 aromatic carbocycles. The highest BCUT2D eigenvalue weighted by atomic mass is 32.2. The van der Waals surface area contributed by atoms with Crippen molar-refractivity contribution in [3.8, 4) is 29.6 Å². The summed E-state index contributed by atoms with van der Waals surface area (Å²) >= 11 is 1.44.